The Bertz CT molecular complexity index is 534. The summed E-state index contributed by atoms with van der Waals surface area (Å²) in [5.41, 5.74) is 1.34. The zero-order valence-electron chi connectivity index (χ0n) is 11.9. The van der Waals surface area contributed by atoms with E-state index in [1.54, 1.807) is 0 Å². The summed E-state index contributed by atoms with van der Waals surface area (Å²) in [4.78, 5) is 0. The molecule has 1 saturated carbocycles. The molecule has 0 aliphatic heterocycles. The molecule has 0 spiro atoms. The Balaban J connectivity index is 1.65. The van der Waals surface area contributed by atoms with E-state index in [1.807, 2.05) is 6.92 Å². The molecule has 3 rings (SSSR count). The number of aryl methyl sites for hydroxylation is 1. The SMILES string of the molecule is Cc1nnc(CN[C@@H](CC2CCC2)c2ccccc2)o1. The number of rotatable bonds is 6. The molecule has 1 atom stereocenters. The largest absolute Gasteiger partial charge is 0.424 e. The number of nitrogens with one attached hydrogen (secondary N) is 1. The van der Waals surface area contributed by atoms with Crippen LogP contribution < -0.4 is 5.32 Å². The average Bonchev–Trinajstić information content (AvgIpc) is 2.84. The zero-order chi connectivity index (χ0) is 13.8. The lowest BCUT2D eigenvalue weighted by Crippen LogP contribution is -2.26. The Morgan fingerprint density at radius 2 is 2.05 bits per heavy atom. The average molecular weight is 271 g/mol. The normalized spacial score (nSPS) is 16.9. The van der Waals surface area contributed by atoms with Crippen molar-refractivity contribution < 1.29 is 4.42 Å². The molecule has 2 aromatic rings. The van der Waals surface area contributed by atoms with E-state index in [0.29, 0.717) is 24.4 Å². The maximum absolute atomic E-state index is 5.43. The van der Waals surface area contributed by atoms with Crippen molar-refractivity contribution in [1.29, 1.82) is 0 Å². The van der Waals surface area contributed by atoms with Gasteiger partial charge in [-0.2, -0.15) is 0 Å². The molecular weight excluding hydrogens is 250 g/mol. The molecule has 0 amide bonds. The first-order valence-corrected chi connectivity index (χ1v) is 7.38. The van der Waals surface area contributed by atoms with Crippen LogP contribution >= 0.6 is 0 Å². The molecule has 1 aliphatic carbocycles. The second kappa shape index (κ2) is 6.18. The Morgan fingerprint density at radius 1 is 1.25 bits per heavy atom. The predicted octanol–water partition coefficient (Wildman–Crippen LogP) is 3.40. The van der Waals surface area contributed by atoms with E-state index in [9.17, 15) is 0 Å². The van der Waals surface area contributed by atoms with Crippen LogP contribution in [0.2, 0.25) is 0 Å². The molecule has 1 aromatic carbocycles. The van der Waals surface area contributed by atoms with Gasteiger partial charge in [0.15, 0.2) is 0 Å². The smallest absolute Gasteiger partial charge is 0.230 e. The molecule has 1 heterocycles. The van der Waals surface area contributed by atoms with Gasteiger partial charge in [0.1, 0.15) is 0 Å². The van der Waals surface area contributed by atoms with Crippen molar-refractivity contribution in [2.24, 2.45) is 5.92 Å². The van der Waals surface area contributed by atoms with Crippen LogP contribution in [0.3, 0.4) is 0 Å². The summed E-state index contributed by atoms with van der Waals surface area (Å²) < 4.78 is 5.43. The fourth-order valence-corrected chi connectivity index (χ4v) is 2.70. The third-order valence-corrected chi connectivity index (χ3v) is 4.06. The van der Waals surface area contributed by atoms with Crippen molar-refractivity contribution in [2.75, 3.05) is 0 Å². The first kappa shape index (κ1) is 13.3. The van der Waals surface area contributed by atoms with Gasteiger partial charge in [-0.05, 0) is 17.9 Å². The summed E-state index contributed by atoms with van der Waals surface area (Å²) in [5.74, 6) is 2.14. The topological polar surface area (TPSA) is 51.0 Å². The molecule has 1 aliphatic rings. The molecule has 1 N–H and O–H groups in total. The van der Waals surface area contributed by atoms with Crippen molar-refractivity contribution in [3.63, 3.8) is 0 Å². The first-order chi connectivity index (χ1) is 9.81. The van der Waals surface area contributed by atoms with Crippen molar-refractivity contribution in [3.05, 3.63) is 47.7 Å². The number of hydrogen-bond acceptors (Lipinski definition) is 4. The fraction of sp³-hybridized carbons (Fsp3) is 0.500. The van der Waals surface area contributed by atoms with E-state index >= 15 is 0 Å². The Kier molecular flexibility index (Phi) is 4.11. The van der Waals surface area contributed by atoms with E-state index in [0.717, 1.165) is 5.92 Å². The Labute approximate surface area is 119 Å². The molecular formula is C16H21N3O. The van der Waals surface area contributed by atoms with Gasteiger partial charge in [-0.15, -0.1) is 10.2 Å². The van der Waals surface area contributed by atoms with E-state index < -0.39 is 0 Å². The van der Waals surface area contributed by atoms with Crippen molar-refractivity contribution in [2.45, 2.75) is 45.2 Å². The molecule has 0 bridgehead atoms. The van der Waals surface area contributed by atoms with Gasteiger partial charge in [0, 0.05) is 13.0 Å². The minimum Gasteiger partial charge on any atom is -0.424 e. The van der Waals surface area contributed by atoms with Crippen LogP contribution in [-0.2, 0) is 6.54 Å². The van der Waals surface area contributed by atoms with Gasteiger partial charge in [0.25, 0.3) is 0 Å². The molecule has 4 nitrogen and oxygen atoms in total. The van der Waals surface area contributed by atoms with Gasteiger partial charge in [0.2, 0.25) is 11.8 Å². The van der Waals surface area contributed by atoms with Crippen LogP contribution in [-0.4, -0.2) is 10.2 Å². The van der Waals surface area contributed by atoms with Gasteiger partial charge in [0.05, 0.1) is 6.54 Å². The second-order valence-corrected chi connectivity index (χ2v) is 5.59. The molecule has 0 radical (unpaired) electrons. The number of nitrogens with zero attached hydrogens (tertiary/aromatic N) is 2. The lowest BCUT2D eigenvalue weighted by molar-refractivity contribution is 0.257. The quantitative estimate of drug-likeness (QED) is 0.875. The number of hydrogen-bond donors (Lipinski definition) is 1. The molecule has 1 aromatic heterocycles. The number of benzene rings is 1. The summed E-state index contributed by atoms with van der Waals surface area (Å²) in [6, 6.07) is 11.0. The highest BCUT2D eigenvalue weighted by Gasteiger charge is 2.23. The van der Waals surface area contributed by atoms with Crippen LogP contribution in [0.5, 0.6) is 0 Å². The maximum Gasteiger partial charge on any atom is 0.230 e. The molecule has 106 valence electrons. The lowest BCUT2D eigenvalue weighted by atomic mass is 9.79. The van der Waals surface area contributed by atoms with Gasteiger partial charge in [-0.3, -0.25) is 0 Å². The highest BCUT2D eigenvalue weighted by Crippen LogP contribution is 2.34. The molecule has 4 heteroatoms. The molecule has 1 fully saturated rings. The van der Waals surface area contributed by atoms with Crippen molar-refractivity contribution >= 4 is 0 Å². The minimum absolute atomic E-state index is 0.369. The van der Waals surface area contributed by atoms with E-state index in [2.05, 4.69) is 45.8 Å². The standard InChI is InChI=1S/C16H21N3O/c1-12-18-19-16(20-12)11-17-15(10-13-6-5-7-13)14-8-3-2-4-9-14/h2-4,8-9,13,15,17H,5-7,10-11H2,1H3/t15-/m0/s1. The van der Waals surface area contributed by atoms with Crippen molar-refractivity contribution in [1.82, 2.24) is 15.5 Å². The summed E-state index contributed by atoms with van der Waals surface area (Å²) in [5, 5.41) is 11.5. The predicted molar refractivity (Wildman–Crippen MR) is 77.0 cm³/mol. The number of aromatic nitrogens is 2. The molecule has 0 saturated heterocycles. The maximum atomic E-state index is 5.43. The van der Waals surface area contributed by atoms with Crippen LogP contribution in [0.15, 0.2) is 34.7 Å². The van der Waals surface area contributed by atoms with Crippen molar-refractivity contribution in [3.8, 4) is 0 Å². The van der Waals surface area contributed by atoms with Gasteiger partial charge in [-0.1, -0.05) is 49.6 Å². The summed E-state index contributed by atoms with van der Waals surface area (Å²) >= 11 is 0. The second-order valence-electron chi connectivity index (χ2n) is 5.59. The Hall–Kier alpha value is -1.68. The van der Waals surface area contributed by atoms with Gasteiger partial charge in [-0.25, -0.2) is 0 Å². The highest BCUT2D eigenvalue weighted by molar-refractivity contribution is 5.19. The van der Waals surface area contributed by atoms with Gasteiger partial charge >= 0.3 is 0 Å². The first-order valence-electron chi connectivity index (χ1n) is 7.38. The molecule has 20 heavy (non-hydrogen) atoms. The summed E-state index contributed by atoms with van der Waals surface area (Å²) in [6.07, 6.45) is 5.31. The zero-order valence-corrected chi connectivity index (χ0v) is 11.9. The minimum atomic E-state index is 0.369. The fourth-order valence-electron chi connectivity index (χ4n) is 2.70. The van der Waals surface area contributed by atoms with Crippen LogP contribution in [0.4, 0.5) is 0 Å². The summed E-state index contributed by atoms with van der Waals surface area (Å²) in [7, 11) is 0. The van der Waals surface area contributed by atoms with Crippen LogP contribution in [0.25, 0.3) is 0 Å². The van der Waals surface area contributed by atoms with Crippen LogP contribution in [0.1, 0.15) is 49.1 Å². The van der Waals surface area contributed by atoms with Crippen LogP contribution in [0, 0.1) is 12.8 Å². The lowest BCUT2D eigenvalue weighted by Gasteiger charge is -2.30. The Morgan fingerprint density at radius 3 is 2.65 bits per heavy atom. The molecule has 0 unspecified atom stereocenters. The summed E-state index contributed by atoms with van der Waals surface area (Å²) in [6.45, 7) is 2.45. The third-order valence-electron chi connectivity index (χ3n) is 4.06. The van der Waals surface area contributed by atoms with Gasteiger partial charge < -0.3 is 9.73 Å². The van der Waals surface area contributed by atoms with E-state index in [-0.39, 0.29) is 0 Å². The van der Waals surface area contributed by atoms with E-state index in [4.69, 9.17) is 4.42 Å². The monoisotopic (exact) mass is 271 g/mol. The van der Waals surface area contributed by atoms with E-state index in [1.165, 1.54) is 31.2 Å². The third kappa shape index (κ3) is 3.25. The highest BCUT2D eigenvalue weighted by atomic mass is 16.4.